The summed E-state index contributed by atoms with van der Waals surface area (Å²) < 4.78 is 13.8. The molecular weight excluding hydrogens is 432 g/mol. The average molecular weight is 453 g/mol. The van der Waals surface area contributed by atoms with Gasteiger partial charge < -0.3 is 8.83 Å². The van der Waals surface area contributed by atoms with Crippen molar-refractivity contribution in [3.63, 3.8) is 0 Å². The summed E-state index contributed by atoms with van der Waals surface area (Å²) in [5.41, 5.74) is 8.16. The smallest absolute Gasteiger partial charge is 0.149 e. The predicted molar refractivity (Wildman–Crippen MR) is 139 cm³/mol. The molecule has 0 aliphatic rings. The molecule has 0 aliphatic heterocycles. The Morgan fingerprint density at radius 2 is 1.40 bits per heavy atom. The first-order chi connectivity index (χ1) is 17.3. The zero-order valence-corrected chi connectivity index (χ0v) is 18.8. The molecule has 0 amide bonds. The van der Waals surface area contributed by atoms with Crippen LogP contribution in [0.1, 0.15) is 0 Å². The second-order valence-corrected chi connectivity index (χ2v) is 8.51. The zero-order valence-electron chi connectivity index (χ0n) is 18.8. The quantitative estimate of drug-likeness (QED) is 0.269. The first-order valence-corrected chi connectivity index (χ1v) is 11.5. The fourth-order valence-corrected chi connectivity index (χ4v) is 4.70. The fraction of sp³-hybridized carbons (Fsp3) is 0. The fourth-order valence-electron chi connectivity index (χ4n) is 4.70. The van der Waals surface area contributed by atoms with Gasteiger partial charge in [-0.3, -0.25) is 4.57 Å². The molecule has 35 heavy (non-hydrogen) atoms. The maximum atomic E-state index is 5.96. The molecule has 4 nitrogen and oxygen atoms in total. The highest BCUT2D eigenvalue weighted by molar-refractivity contribution is 5.97. The molecule has 0 aliphatic carbocycles. The minimum absolute atomic E-state index is 0.813. The molecule has 7 rings (SSSR count). The molecule has 0 atom stereocenters. The summed E-state index contributed by atoms with van der Waals surface area (Å²) >= 11 is 0. The lowest BCUT2D eigenvalue weighted by Crippen LogP contribution is -1.97. The van der Waals surface area contributed by atoms with Crippen LogP contribution in [0.15, 0.2) is 131 Å². The number of nitrogens with zero attached hydrogens (tertiary/aromatic N) is 2. The lowest BCUT2D eigenvalue weighted by molar-refractivity contribution is 0.582. The van der Waals surface area contributed by atoms with Crippen LogP contribution in [0.4, 0.5) is 0 Å². The van der Waals surface area contributed by atoms with Gasteiger partial charge in [0.15, 0.2) is 0 Å². The molecule has 0 N–H and O–H groups in total. The van der Waals surface area contributed by atoms with Gasteiger partial charge in [0, 0.05) is 16.6 Å². The summed E-state index contributed by atoms with van der Waals surface area (Å²) in [5.74, 6) is 1.66. The van der Waals surface area contributed by atoms with E-state index >= 15 is 0 Å². The zero-order chi connectivity index (χ0) is 23.2. The van der Waals surface area contributed by atoms with Gasteiger partial charge in [-0.1, -0.05) is 54.6 Å². The van der Waals surface area contributed by atoms with Gasteiger partial charge in [0.2, 0.25) is 0 Å². The van der Waals surface area contributed by atoms with Crippen LogP contribution in [0.3, 0.4) is 0 Å². The van der Waals surface area contributed by atoms with E-state index in [0.717, 1.165) is 50.4 Å². The van der Waals surface area contributed by atoms with Crippen molar-refractivity contribution in [1.29, 1.82) is 0 Å². The Bertz CT molecular complexity index is 1770. The molecule has 0 spiro atoms. The van der Waals surface area contributed by atoms with Crippen LogP contribution in [-0.2, 0) is 0 Å². The van der Waals surface area contributed by atoms with Crippen molar-refractivity contribution < 1.29 is 8.83 Å². The first-order valence-electron chi connectivity index (χ1n) is 11.5. The molecule has 4 heteroatoms. The number of rotatable bonds is 4. The van der Waals surface area contributed by atoms with Crippen LogP contribution in [-0.4, -0.2) is 9.55 Å². The van der Waals surface area contributed by atoms with E-state index in [1.807, 2.05) is 48.5 Å². The third kappa shape index (κ3) is 3.27. The van der Waals surface area contributed by atoms with Crippen molar-refractivity contribution in [3.8, 4) is 39.5 Å². The number of hydrogen-bond acceptors (Lipinski definition) is 3. The molecule has 0 fully saturated rings. The molecular formula is C31H20N2O2. The third-order valence-electron chi connectivity index (χ3n) is 6.41. The molecule has 0 saturated carbocycles. The molecule has 3 heterocycles. The SMILES string of the molecule is c1ccc(-c2ccc(-n3c(-c4coc5ccc(-c6ccco6)cc45)nc4ccccc43)cc2)cc1. The highest BCUT2D eigenvalue weighted by Crippen LogP contribution is 2.36. The van der Waals surface area contributed by atoms with E-state index in [1.54, 1.807) is 12.5 Å². The van der Waals surface area contributed by atoms with Crippen LogP contribution >= 0.6 is 0 Å². The van der Waals surface area contributed by atoms with E-state index in [9.17, 15) is 0 Å². The molecule has 3 aromatic heterocycles. The Kier molecular flexibility index (Phi) is 4.42. The Balaban J connectivity index is 1.42. The Hall–Kier alpha value is -4.83. The molecule has 0 unspecified atom stereocenters. The van der Waals surface area contributed by atoms with E-state index in [-0.39, 0.29) is 0 Å². The van der Waals surface area contributed by atoms with Crippen LogP contribution in [0.25, 0.3) is 61.5 Å². The molecule has 166 valence electrons. The molecule has 7 aromatic rings. The summed E-state index contributed by atoms with van der Waals surface area (Å²) in [6, 6.07) is 37.2. The second kappa shape index (κ2) is 7.89. The van der Waals surface area contributed by atoms with Gasteiger partial charge in [0.1, 0.15) is 23.4 Å². The van der Waals surface area contributed by atoms with Gasteiger partial charge in [-0.15, -0.1) is 0 Å². The van der Waals surface area contributed by atoms with Crippen molar-refractivity contribution in [3.05, 3.63) is 122 Å². The summed E-state index contributed by atoms with van der Waals surface area (Å²) in [7, 11) is 0. The third-order valence-corrected chi connectivity index (χ3v) is 6.41. The summed E-state index contributed by atoms with van der Waals surface area (Å²) in [6.07, 6.45) is 3.49. The van der Waals surface area contributed by atoms with Gasteiger partial charge >= 0.3 is 0 Å². The highest BCUT2D eigenvalue weighted by atomic mass is 16.3. The van der Waals surface area contributed by atoms with E-state index < -0.39 is 0 Å². The first kappa shape index (κ1) is 19.6. The lowest BCUT2D eigenvalue weighted by atomic mass is 10.1. The molecule has 0 saturated heterocycles. The standard InChI is InChI=1S/C31H20N2O2/c1-2-7-21(8-3-1)22-12-15-24(16-13-22)33-28-10-5-4-9-27(28)32-31(33)26-20-35-30-17-14-23(19-25(26)30)29-11-6-18-34-29/h1-20H. The van der Waals surface area contributed by atoms with Gasteiger partial charge in [0.25, 0.3) is 0 Å². The Morgan fingerprint density at radius 3 is 2.23 bits per heavy atom. The van der Waals surface area contributed by atoms with E-state index in [0.29, 0.717) is 0 Å². The number of hydrogen-bond donors (Lipinski definition) is 0. The molecule has 4 aromatic carbocycles. The minimum atomic E-state index is 0.813. The normalized spacial score (nSPS) is 11.4. The van der Waals surface area contributed by atoms with Gasteiger partial charge in [-0.2, -0.15) is 0 Å². The monoisotopic (exact) mass is 452 g/mol. The maximum Gasteiger partial charge on any atom is 0.149 e. The summed E-state index contributed by atoms with van der Waals surface area (Å²) in [4.78, 5) is 5.03. The summed E-state index contributed by atoms with van der Waals surface area (Å²) in [6.45, 7) is 0. The second-order valence-electron chi connectivity index (χ2n) is 8.51. The van der Waals surface area contributed by atoms with Crippen molar-refractivity contribution in [2.75, 3.05) is 0 Å². The lowest BCUT2D eigenvalue weighted by Gasteiger charge is -2.10. The Morgan fingerprint density at radius 1 is 0.629 bits per heavy atom. The van der Waals surface area contributed by atoms with Crippen molar-refractivity contribution >= 4 is 22.0 Å². The van der Waals surface area contributed by atoms with Gasteiger partial charge in [0.05, 0.1) is 22.9 Å². The number of benzene rings is 4. The van der Waals surface area contributed by atoms with Crippen molar-refractivity contribution in [1.82, 2.24) is 9.55 Å². The minimum Gasteiger partial charge on any atom is -0.464 e. The highest BCUT2D eigenvalue weighted by Gasteiger charge is 2.19. The maximum absolute atomic E-state index is 5.96. The largest absolute Gasteiger partial charge is 0.464 e. The number of fused-ring (bicyclic) bond motifs is 2. The van der Waals surface area contributed by atoms with Gasteiger partial charge in [-0.05, 0) is 65.7 Å². The molecule has 0 bridgehead atoms. The Labute approximate surface area is 201 Å². The average Bonchev–Trinajstić information content (AvgIpc) is 3.67. The van der Waals surface area contributed by atoms with Crippen LogP contribution in [0, 0.1) is 0 Å². The van der Waals surface area contributed by atoms with Crippen LogP contribution in [0.2, 0.25) is 0 Å². The van der Waals surface area contributed by atoms with E-state index in [2.05, 4.69) is 65.2 Å². The topological polar surface area (TPSA) is 44.1 Å². The number of furan rings is 2. The van der Waals surface area contributed by atoms with Crippen LogP contribution < -0.4 is 0 Å². The van der Waals surface area contributed by atoms with E-state index in [1.165, 1.54) is 11.1 Å². The number of aromatic nitrogens is 2. The van der Waals surface area contributed by atoms with Crippen LogP contribution in [0.5, 0.6) is 0 Å². The van der Waals surface area contributed by atoms with Crippen molar-refractivity contribution in [2.45, 2.75) is 0 Å². The summed E-state index contributed by atoms with van der Waals surface area (Å²) in [5, 5.41) is 0.997. The van der Waals surface area contributed by atoms with Crippen molar-refractivity contribution in [2.24, 2.45) is 0 Å². The molecule has 0 radical (unpaired) electrons. The predicted octanol–water partition coefficient (Wildman–Crippen LogP) is 8.37. The van der Waals surface area contributed by atoms with Gasteiger partial charge in [-0.25, -0.2) is 4.98 Å². The number of para-hydroxylation sites is 2. The number of imidazole rings is 1. The van der Waals surface area contributed by atoms with E-state index in [4.69, 9.17) is 13.8 Å².